The number of hydrogen-bond acceptors (Lipinski definition) is 3. The largest absolute Gasteiger partial charge is 0.376 e. The molecule has 1 heterocycles. The molecule has 0 saturated carbocycles. The molecule has 1 rings (SSSR count). The molecule has 1 aliphatic rings. The van der Waals surface area contributed by atoms with Gasteiger partial charge in [0.1, 0.15) is 0 Å². The molecule has 0 spiro atoms. The van der Waals surface area contributed by atoms with Gasteiger partial charge in [-0.25, -0.2) is 0 Å². The van der Waals surface area contributed by atoms with Crippen molar-refractivity contribution >= 4 is 5.91 Å². The fraction of sp³-hybridized carbons (Fsp3) is 0.727. The Bertz CT molecular complexity index is 231. The highest BCUT2D eigenvalue weighted by Crippen LogP contribution is 2.08. The second-order valence-corrected chi connectivity index (χ2v) is 3.89. The van der Waals surface area contributed by atoms with E-state index in [1.165, 1.54) is 0 Å². The summed E-state index contributed by atoms with van der Waals surface area (Å²) < 4.78 is 5.43. The molecule has 4 heteroatoms. The third-order valence-electron chi connectivity index (χ3n) is 2.62. The van der Waals surface area contributed by atoms with Crippen LogP contribution in [-0.2, 0) is 9.53 Å². The minimum absolute atomic E-state index is 0.0593. The highest BCUT2D eigenvalue weighted by Gasteiger charge is 2.25. The third kappa shape index (κ3) is 3.64. The van der Waals surface area contributed by atoms with Gasteiger partial charge in [-0.05, 0) is 13.8 Å². The Hall–Kier alpha value is -0.870. The van der Waals surface area contributed by atoms with E-state index < -0.39 is 0 Å². The summed E-state index contributed by atoms with van der Waals surface area (Å²) in [5.74, 6) is 0.0593. The second kappa shape index (κ2) is 5.88. The minimum Gasteiger partial charge on any atom is -0.376 e. The van der Waals surface area contributed by atoms with Crippen LogP contribution in [0.3, 0.4) is 0 Å². The standard InChI is InChI=1S/C11H20N2O2/c1-4-5-12-11(14)10(3)13-6-7-15-9(2)8-13/h4,9-10H,1,5-8H2,2-3H3,(H,12,14). The average molecular weight is 212 g/mol. The summed E-state index contributed by atoms with van der Waals surface area (Å²) in [7, 11) is 0. The normalized spacial score (nSPS) is 24.5. The summed E-state index contributed by atoms with van der Waals surface area (Å²) in [6, 6.07) is -0.0868. The first-order valence-electron chi connectivity index (χ1n) is 5.39. The molecule has 0 radical (unpaired) electrons. The Morgan fingerprint density at radius 1 is 1.80 bits per heavy atom. The number of rotatable bonds is 4. The molecule has 0 aromatic rings. The number of nitrogens with zero attached hydrogens (tertiary/aromatic N) is 1. The van der Waals surface area contributed by atoms with E-state index in [4.69, 9.17) is 4.74 Å². The molecule has 1 amide bonds. The molecule has 1 aliphatic heterocycles. The van der Waals surface area contributed by atoms with Crippen molar-refractivity contribution in [2.24, 2.45) is 0 Å². The molecule has 0 aromatic carbocycles. The molecular formula is C11H20N2O2. The molecule has 1 saturated heterocycles. The Balaban J connectivity index is 2.40. The quantitative estimate of drug-likeness (QED) is 0.686. The fourth-order valence-electron chi connectivity index (χ4n) is 1.68. The molecule has 2 unspecified atom stereocenters. The van der Waals surface area contributed by atoms with Gasteiger partial charge in [-0.1, -0.05) is 6.08 Å². The molecule has 2 atom stereocenters. The van der Waals surface area contributed by atoms with Crippen molar-refractivity contribution in [1.29, 1.82) is 0 Å². The van der Waals surface area contributed by atoms with Crippen molar-refractivity contribution < 1.29 is 9.53 Å². The van der Waals surface area contributed by atoms with E-state index in [-0.39, 0.29) is 18.1 Å². The number of nitrogens with one attached hydrogen (secondary N) is 1. The summed E-state index contributed by atoms with van der Waals surface area (Å²) in [5, 5.41) is 2.80. The van der Waals surface area contributed by atoms with E-state index in [1.54, 1.807) is 6.08 Å². The summed E-state index contributed by atoms with van der Waals surface area (Å²) in [4.78, 5) is 13.8. The Kier molecular flexibility index (Phi) is 4.78. The second-order valence-electron chi connectivity index (χ2n) is 3.89. The van der Waals surface area contributed by atoms with E-state index in [0.29, 0.717) is 13.2 Å². The van der Waals surface area contributed by atoms with Gasteiger partial charge in [0.25, 0.3) is 0 Å². The van der Waals surface area contributed by atoms with Crippen LogP contribution in [0.25, 0.3) is 0 Å². The first kappa shape index (κ1) is 12.2. The van der Waals surface area contributed by atoms with Crippen LogP contribution < -0.4 is 5.32 Å². The molecular weight excluding hydrogens is 192 g/mol. The van der Waals surface area contributed by atoms with Crippen molar-refractivity contribution in [2.75, 3.05) is 26.2 Å². The highest BCUT2D eigenvalue weighted by molar-refractivity contribution is 5.81. The Morgan fingerprint density at radius 3 is 3.13 bits per heavy atom. The van der Waals surface area contributed by atoms with Gasteiger partial charge in [-0.3, -0.25) is 9.69 Å². The topological polar surface area (TPSA) is 41.6 Å². The SMILES string of the molecule is C=CCNC(=O)C(C)N1CCOC(C)C1. The zero-order valence-electron chi connectivity index (χ0n) is 9.53. The lowest BCUT2D eigenvalue weighted by molar-refractivity contribution is -0.128. The number of ether oxygens (including phenoxy) is 1. The maximum absolute atomic E-state index is 11.7. The van der Waals surface area contributed by atoms with Crippen LogP contribution in [0.15, 0.2) is 12.7 Å². The van der Waals surface area contributed by atoms with Gasteiger partial charge in [0.05, 0.1) is 18.8 Å². The summed E-state index contributed by atoms with van der Waals surface area (Å²) in [6.45, 7) is 10.4. The zero-order chi connectivity index (χ0) is 11.3. The lowest BCUT2D eigenvalue weighted by Gasteiger charge is -2.34. The summed E-state index contributed by atoms with van der Waals surface area (Å²) in [5.41, 5.74) is 0. The number of morpholine rings is 1. The average Bonchev–Trinajstić information content (AvgIpc) is 2.24. The van der Waals surface area contributed by atoms with E-state index in [0.717, 1.165) is 13.1 Å². The lowest BCUT2D eigenvalue weighted by atomic mass is 10.2. The first-order chi connectivity index (χ1) is 7.15. The lowest BCUT2D eigenvalue weighted by Crippen LogP contribution is -2.51. The van der Waals surface area contributed by atoms with E-state index in [9.17, 15) is 4.79 Å². The van der Waals surface area contributed by atoms with Gasteiger partial charge < -0.3 is 10.1 Å². The van der Waals surface area contributed by atoms with Crippen LogP contribution in [0.5, 0.6) is 0 Å². The smallest absolute Gasteiger partial charge is 0.237 e. The van der Waals surface area contributed by atoms with Gasteiger partial charge in [0, 0.05) is 19.6 Å². The molecule has 0 aliphatic carbocycles. The van der Waals surface area contributed by atoms with Crippen molar-refractivity contribution in [3.05, 3.63) is 12.7 Å². The maximum Gasteiger partial charge on any atom is 0.237 e. The highest BCUT2D eigenvalue weighted by atomic mass is 16.5. The predicted octanol–water partition coefficient (Wildman–Crippen LogP) is 0.398. The summed E-state index contributed by atoms with van der Waals surface area (Å²) >= 11 is 0. The van der Waals surface area contributed by atoms with E-state index >= 15 is 0 Å². The van der Waals surface area contributed by atoms with Gasteiger partial charge in [-0.2, -0.15) is 0 Å². The molecule has 15 heavy (non-hydrogen) atoms. The van der Waals surface area contributed by atoms with Crippen LogP contribution in [0, 0.1) is 0 Å². The number of hydrogen-bond donors (Lipinski definition) is 1. The monoisotopic (exact) mass is 212 g/mol. The van der Waals surface area contributed by atoms with E-state index in [2.05, 4.69) is 16.8 Å². The van der Waals surface area contributed by atoms with Crippen LogP contribution >= 0.6 is 0 Å². The van der Waals surface area contributed by atoms with Crippen LogP contribution in [0.2, 0.25) is 0 Å². The molecule has 1 N–H and O–H groups in total. The van der Waals surface area contributed by atoms with Crippen LogP contribution in [0.1, 0.15) is 13.8 Å². The van der Waals surface area contributed by atoms with E-state index in [1.807, 2.05) is 13.8 Å². The van der Waals surface area contributed by atoms with Crippen molar-refractivity contribution in [1.82, 2.24) is 10.2 Å². The van der Waals surface area contributed by atoms with Crippen molar-refractivity contribution in [3.8, 4) is 0 Å². The summed E-state index contributed by atoms with van der Waals surface area (Å²) in [6.07, 6.45) is 1.90. The molecule has 1 fully saturated rings. The van der Waals surface area contributed by atoms with Gasteiger partial charge in [0.2, 0.25) is 5.91 Å². The van der Waals surface area contributed by atoms with Crippen LogP contribution in [0.4, 0.5) is 0 Å². The third-order valence-corrected chi connectivity index (χ3v) is 2.62. The molecule has 86 valence electrons. The zero-order valence-corrected chi connectivity index (χ0v) is 9.53. The Labute approximate surface area is 91.3 Å². The first-order valence-corrected chi connectivity index (χ1v) is 5.39. The Morgan fingerprint density at radius 2 is 2.53 bits per heavy atom. The maximum atomic E-state index is 11.7. The number of carbonyl (C=O) groups is 1. The molecule has 0 aromatic heterocycles. The predicted molar refractivity (Wildman–Crippen MR) is 59.7 cm³/mol. The van der Waals surface area contributed by atoms with Gasteiger partial charge >= 0.3 is 0 Å². The molecule has 4 nitrogen and oxygen atoms in total. The fourth-order valence-corrected chi connectivity index (χ4v) is 1.68. The van der Waals surface area contributed by atoms with Gasteiger partial charge in [-0.15, -0.1) is 6.58 Å². The van der Waals surface area contributed by atoms with Crippen molar-refractivity contribution in [3.63, 3.8) is 0 Å². The molecule has 0 bridgehead atoms. The van der Waals surface area contributed by atoms with Crippen molar-refractivity contribution in [2.45, 2.75) is 26.0 Å². The number of amides is 1. The van der Waals surface area contributed by atoms with Crippen LogP contribution in [-0.4, -0.2) is 49.2 Å². The van der Waals surface area contributed by atoms with Gasteiger partial charge in [0.15, 0.2) is 0 Å². The number of carbonyl (C=O) groups excluding carboxylic acids is 1. The minimum atomic E-state index is -0.0868.